The number of aliphatic hydroxyl groups is 2. The third-order valence-electron chi connectivity index (χ3n) is 3.53. The van der Waals surface area contributed by atoms with Crippen LogP contribution in [0.2, 0.25) is 0 Å². The summed E-state index contributed by atoms with van der Waals surface area (Å²) in [5.74, 6) is 0.338. The number of para-hydroxylation sites is 4. The molecule has 0 bridgehead atoms. The molecule has 1 aliphatic rings. The van der Waals surface area contributed by atoms with E-state index in [4.69, 9.17) is 0 Å². The minimum atomic E-state index is -1.27. The molecule has 2 heterocycles. The summed E-state index contributed by atoms with van der Waals surface area (Å²) in [6.45, 7) is 0. The molecule has 6 nitrogen and oxygen atoms in total. The van der Waals surface area contributed by atoms with E-state index in [9.17, 15) is 10.2 Å². The normalized spacial score (nSPS) is 15.6. The fourth-order valence-electron chi connectivity index (χ4n) is 2.40. The molecule has 2 N–H and O–H groups in total. The number of benzene rings is 2. The van der Waals surface area contributed by atoms with Crippen LogP contribution in [-0.2, 0) is 0 Å². The lowest BCUT2D eigenvalue weighted by molar-refractivity contribution is 0.0534. The number of amidine groups is 1. The van der Waals surface area contributed by atoms with Crippen LogP contribution in [0.15, 0.2) is 53.5 Å². The van der Waals surface area contributed by atoms with E-state index >= 15 is 0 Å². The van der Waals surface area contributed by atoms with Gasteiger partial charge in [-0.2, -0.15) is 4.67 Å². The lowest BCUT2D eigenvalue weighted by Gasteiger charge is -2.14. The zero-order valence-corrected chi connectivity index (χ0v) is 11.5. The topological polar surface area (TPSA) is 93.9 Å². The molecule has 1 aromatic heterocycles. The summed E-state index contributed by atoms with van der Waals surface area (Å²) in [6, 6.07) is 14.6. The van der Waals surface area contributed by atoms with Gasteiger partial charge < -0.3 is 20.2 Å². The third kappa shape index (κ3) is 2.03. The fourth-order valence-corrected chi connectivity index (χ4v) is 2.40. The van der Waals surface area contributed by atoms with Gasteiger partial charge in [0, 0.05) is 6.07 Å². The Balaban J connectivity index is 1.71. The van der Waals surface area contributed by atoms with Gasteiger partial charge in [0.1, 0.15) is 6.10 Å². The molecular weight excluding hydrogens is 280 g/mol. The van der Waals surface area contributed by atoms with Gasteiger partial charge in [0.15, 0.2) is 0 Å². The van der Waals surface area contributed by atoms with Crippen molar-refractivity contribution >= 4 is 16.9 Å². The average Bonchev–Trinajstić information content (AvgIpc) is 3.16. The van der Waals surface area contributed by atoms with Gasteiger partial charge >= 0.3 is 5.84 Å². The Labute approximate surface area is 124 Å². The maximum atomic E-state index is 10.3. The first kappa shape index (κ1) is 12.9. The van der Waals surface area contributed by atoms with Gasteiger partial charge in [-0.05, 0) is 27.9 Å². The fraction of sp³-hybridized carbons (Fsp3) is 0.125. The van der Waals surface area contributed by atoms with Crippen molar-refractivity contribution in [2.75, 3.05) is 0 Å². The largest absolute Gasteiger partial charge is 0.437 e. The van der Waals surface area contributed by atoms with Gasteiger partial charge in [-0.3, -0.25) is 0 Å². The number of hydrogen-bond donors (Lipinski definition) is 2. The molecule has 3 aromatic rings. The lowest BCUT2D eigenvalue weighted by atomic mass is 10.2. The highest BCUT2D eigenvalue weighted by atomic mass is 16.3. The molecule has 22 heavy (non-hydrogen) atoms. The molecule has 4 rings (SSSR count). The van der Waals surface area contributed by atoms with Gasteiger partial charge in [-0.1, -0.05) is 36.4 Å². The van der Waals surface area contributed by atoms with Crippen molar-refractivity contribution in [1.82, 2.24) is 14.6 Å². The first-order valence-corrected chi connectivity index (χ1v) is 6.87. The molecule has 0 aliphatic carbocycles. The Kier molecular flexibility index (Phi) is 2.87. The van der Waals surface area contributed by atoms with Crippen LogP contribution >= 0.6 is 0 Å². The molecule has 0 radical (unpaired) electrons. The zero-order chi connectivity index (χ0) is 15.1. The highest BCUT2D eigenvalue weighted by Crippen LogP contribution is 2.18. The number of hydrogen-bond acceptors (Lipinski definition) is 4. The van der Waals surface area contributed by atoms with Crippen LogP contribution < -0.4 is 20.4 Å². The Hall–Kier alpha value is -2.79. The second kappa shape index (κ2) is 4.89. The molecule has 0 amide bonds. The zero-order valence-electron chi connectivity index (χ0n) is 11.5. The van der Waals surface area contributed by atoms with Crippen molar-refractivity contribution in [1.29, 1.82) is 0 Å². The van der Waals surface area contributed by atoms with E-state index in [1.165, 1.54) is 0 Å². The van der Waals surface area contributed by atoms with E-state index in [1.807, 2.05) is 24.3 Å². The van der Waals surface area contributed by atoms with E-state index in [2.05, 4.69) is 19.6 Å². The molecule has 0 fully saturated rings. The molecule has 6 heteroatoms. The van der Waals surface area contributed by atoms with Crippen LogP contribution in [0.5, 0.6) is 0 Å². The number of imidazole rings is 1. The quantitative estimate of drug-likeness (QED) is 0.606. The maximum Gasteiger partial charge on any atom is 0.423 e. The maximum absolute atomic E-state index is 10.3. The highest BCUT2D eigenvalue weighted by molar-refractivity contribution is 5.87. The summed E-state index contributed by atoms with van der Waals surface area (Å²) in [6.07, 6.45) is -2.55. The monoisotopic (exact) mass is 292 g/mol. The van der Waals surface area contributed by atoms with Crippen molar-refractivity contribution in [2.24, 2.45) is 4.99 Å². The second-order valence-corrected chi connectivity index (χ2v) is 5.03. The summed E-state index contributed by atoms with van der Waals surface area (Å²) in [5.41, 5.74) is 1.36. The lowest BCUT2D eigenvalue weighted by Crippen LogP contribution is -2.29. The molecule has 1 aliphatic heterocycles. The van der Waals surface area contributed by atoms with E-state index in [0.717, 1.165) is 0 Å². The molecular formula is C16H12N4O2. The predicted octanol–water partition coefficient (Wildman–Crippen LogP) is -0.995. The average molecular weight is 292 g/mol. The van der Waals surface area contributed by atoms with E-state index < -0.39 is 12.2 Å². The van der Waals surface area contributed by atoms with Crippen molar-refractivity contribution in [3.05, 3.63) is 65.1 Å². The van der Waals surface area contributed by atoms with E-state index in [0.29, 0.717) is 21.7 Å². The number of nitrogens with zero attached hydrogens (tertiary/aromatic N) is 4. The van der Waals surface area contributed by atoms with Gasteiger partial charge in [0.05, 0.1) is 0 Å². The van der Waals surface area contributed by atoms with Crippen molar-refractivity contribution in [3.63, 3.8) is 0 Å². The number of rotatable bonds is 3. The SMILES string of the molecule is OC(C1=[N+]=c2ccccc2=N1)C(O)c1nc2ccccc2[n-]1. The van der Waals surface area contributed by atoms with Gasteiger partial charge in [0.25, 0.3) is 5.36 Å². The number of fused-ring (bicyclic) bond motifs is 2. The van der Waals surface area contributed by atoms with Crippen LogP contribution in [0, 0.1) is 0 Å². The summed E-state index contributed by atoms with van der Waals surface area (Å²) < 4.78 is 4.24. The number of aliphatic hydroxyl groups excluding tert-OH is 2. The molecule has 108 valence electrons. The van der Waals surface area contributed by atoms with Gasteiger partial charge in [-0.15, -0.1) is 0 Å². The van der Waals surface area contributed by atoms with Crippen molar-refractivity contribution < 1.29 is 10.2 Å². The van der Waals surface area contributed by atoms with E-state index in [-0.39, 0.29) is 11.7 Å². The molecule has 0 saturated carbocycles. The summed E-state index contributed by atoms with van der Waals surface area (Å²) >= 11 is 0. The third-order valence-corrected chi connectivity index (χ3v) is 3.53. The molecule has 2 aromatic carbocycles. The van der Waals surface area contributed by atoms with Crippen LogP contribution in [0.3, 0.4) is 0 Å². The van der Waals surface area contributed by atoms with E-state index in [1.54, 1.807) is 24.3 Å². The summed E-state index contributed by atoms with van der Waals surface area (Å²) in [7, 11) is 0. The van der Waals surface area contributed by atoms with Crippen molar-refractivity contribution in [2.45, 2.75) is 12.2 Å². The highest BCUT2D eigenvalue weighted by Gasteiger charge is 2.32. The Morgan fingerprint density at radius 3 is 2.55 bits per heavy atom. The standard InChI is InChI=1S/C16H12N4O2/c21-13(15-17-9-5-1-2-6-10(9)18-15)14(22)16-19-11-7-3-4-8-12(11)20-16/h1-8,13-14,21-22H. The minimum absolute atomic E-state index is 0.169. The minimum Gasteiger partial charge on any atom is -0.437 e. The molecule has 0 spiro atoms. The first-order valence-electron chi connectivity index (χ1n) is 6.87. The smallest absolute Gasteiger partial charge is 0.423 e. The summed E-state index contributed by atoms with van der Waals surface area (Å²) in [4.78, 5) is 12.7. The van der Waals surface area contributed by atoms with Gasteiger partial charge in [0.2, 0.25) is 11.5 Å². The second-order valence-electron chi connectivity index (χ2n) is 5.03. The summed E-state index contributed by atoms with van der Waals surface area (Å²) in [5, 5.41) is 22.0. The Morgan fingerprint density at radius 1 is 0.955 bits per heavy atom. The molecule has 2 atom stereocenters. The first-order chi connectivity index (χ1) is 10.7. The van der Waals surface area contributed by atoms with Gasteiger partial charge in [-0.25, -0.2) is 0 Å². The van der Waals surface area contributed by atoms with Crippen LogP contribution in [-0.4, -0.2) is 27.1 Å². The molecule has 2 unspecified atom stereocenters. The Bertz CT molecular complexity index is 985. The number of aromatic nitrogens is 2. The van der Waals surface area contributed by atoms with Crippen LogP contribution in [0.1, 0.15) is 11.9 Å². The van der Waals surface area contributed by atoms with Crippen LogP contribution in [0.25, 0.3) is 11.0 Å². The van der Waals surface area contributed by atoms with Crippen LogP contribution in [0.4, 0.5) is 0 Å². The molecule has 0 saturated heterocycles. The van der Waals surface area contributed by atoms with Crippen molar-refractivity contribution in [3.8, 4) is 0 Å². The predicted molar refractivity (Wildman–Crippen MR) is 79.5 cm³/mol. The Morgan fingerprint density at radius 2 is 1.73 bits per heavy atom.